The highest BCUT2D eigenvalue weighted by atomic mass is 35.5. The highest BCUT2D eigenvalue weighted by Gasteiger charge is 2.20. The lowest BCUT2D eigenvalue weighted by atomic mass is 10.1. The Hall–Kier alpha value is -0.970. The van der Waals surface area contributed by atoms with E-state index in [4.69, 9.17) is 21.1 Å². The van der Waals surface area contributed by atoms with Crippen molar-refractivity contribution in [2.45, 2.75) is 19.9 Å². The zero-order valence-corrected chi connectivity index (χ0v) is 13.9. The van der Waals surface area contributed by atoms with E-state index < -0.39 is 0 Å². The standard InChI is InChI=1S/C16H25ClN2O2/c1-4-19-6-5-12(11-19)9-18-10-13-7-14(17)16(21-3)15(8-13)20-2/h7-8,12,18H,4-6,9-11H2,1-3H3/t12-/m1/s1. The molecule has 5 heteroatoms. The molecule has 0 amide bonds. The Bertz CT molecular complexity index is 468. The summed E-state index contributed by atoms with van der Waals surface area (Å²) in [7, 11) is 3.23. The average molecular weight is 313 g/mol. The third-order valence-corrected chi connectivity index (χ3v) is 4.35. The number of hydrogen-bond acceptors (Lipinski definition) is 4. The Morgan fingerprint density at radius 1 is 1.33 bits per heavy atom. The van der Waals surface area contributed by atoms with E-state index in [9.17, 15) is 0 Å². The topological polar surface area (TPSA) is 33.7 Å². The lowest BCUT2D eigenvalue weighted by Crippen LogP contribution is -2.26. The predicted molar refractivity (Wildman–Crippen MR) is 86.5 cm³/mol. The summed E-state index contributed by atoms with van der Waals surface area (Å²) in [5.41, 5.74) is 1.11. The van der Waals surface area contributed by atoms with Crippen LogP contribution < -0.4 is 14.8 Å². The van der Waals surface area contributed by atoms with Gasteiger partial charge in [-0.05, 0) is 49.7 Å². The number of nitrogens with one attached hydrogen (secondary N) is 1. The van der Waals surface area contributed by atoms with Crippen LogP contribution in [0.1, 0.15) is 18.9 Å². The fraction of sp³-hybridized carbons (Fsp3) is 0.625. The van der Waals surface area contributed by atoms with Gasteiger partial charge in [-0.25, -0.2) is 0 Å². The van der Waals surface area contributed by atoms with Crippen LogP contribution in [0, 0.1) is 5.92 Å². The van der Waals surface area contributed by atoms with Crippen molar-refractivity contribution >= 4 is 11.6 Å². The molecule has 4 nitrogen and oxygen atoms in total. The summed E-state index contributed by atoms with van der Waals surface area (Å²) in [6.07, 6.45) is 1.29. The third kappa shape index (κ3) is 4.25. The van der Waals surface area contributed by atoms with Crippen LogP contribution in [-0.4, -0.2) is 45.3 Å². The van der Waals surface area contributed by atoms with Crippen LogP contribution in [0.25, 0.3) is 0 Å². The molecule has 2 rings (SSSR count). The van der Waals surface area contributed by atoms with Gasteiger partial charge in [-0.1, -0.05) is 18.5 Å². The number of methoxy groups -OCH3 is 2. The van der Waals surface area contributed by atoms with Gasteiger partial charge in [-0.2, -0.15) is 0 Å². The average Bonchev–Trinajstić information content (AvgIpc) is 2.94. The second-order valence-electron chi connectivity index (χ2n) is 5.49. The van der Waals surface area contributed by atoms with Gasteiger partial charge in [0.05, 0.1) is 19.2 Å². The molecule has 1 aromatic carbocycles. The molecular weight excluding hydrogens is 288 g/mol. The van der Waals surface area contributed by atoms with Gasteiger partial charge >= 0.3 is 0 Å². The number of halogens is 1. The molecule has 0 aromatic heterocycles. The second-order valence-corrected chi connectivity index (χ2v) is 5.90. The first-order valence-corrected chi connectivity index (χ1v) is 7.89. The maximum atomic E-state index is 6.22. The zero-order chi connectivity index (χ0) is 15.2. The molecule has 0 spiro atoms. The van der Waals surface area contributed by atoms with Crippen LogP contribution in [0.4, 0.5) is 0 Å². The van der Waals surface area contributed by atoms with Crippen molar-refractivity contribution in [3.63, 3.8) is 0 Å². The molecule has 1 aliphatic rings. The van der Waals surface area contributed by atoms with Gasteiger partial charge in [0, 0.05) is 13.1 Å². The largest absolute Gasteiger partial charge is 0.493 e. The van der Waals surface area contributed by atoms with Crippen LogP contribution in [0.3, 0.4) is 0 Å². The molecule has 21 heavy (non-hydrogen) atoms. The molecule has 1 saturated heterocycles. The highest BCUT2D eigenvalue weighted by Crippen LogP contribution is 2.35. The number of rotatable bonds is 7. The van der Waals surface area contributed by atoms with Crippen LogP contribution in [0.2, 0.25) is 5.02 Å². The molecule has 0 aliphatic carbocycles. The molecule has 1 atom stereocenters. The van der Waals surface area contributed by atoms with Crippen molar-refractivity contribution in [3.05, 3.63) is 22.7 Å². The van der Waals surface area contributed by atoms with Crippen LogP contribution in [0.5, 0.6) is 11.5 Å². The number of likely N-dealkylation sites (tertiary alicyclic amines) is 1. The Labute approximate surface area is 132 Å². The van der Waals surface area contributed by atoms with Crippen molar-refractivity contribution < 1.29 is 9.47 Å². The maximum Gasteiger partial charge on any atom is 0.179 e. The lowest BCUT2D eigenvalue weighted by molar-refractivity contribution is 0.338. The molecule has 1 fully saturated rings. The first kappa shape index (κ1) is 16.4. The Balaban J connectivity index is 1.87. The van der Waals surface area contributed by atoms with E-state index in [2.05, 4.69) is 17.1 Å². The summed E-state index contributed by atoms with van der Waals surface area (Å²) in [6.45, 7) is 7.65. The molecule has 1 N–H and O–H groups in total. The quantitative estimate of drug-likeness (QED) is 0.839. The zero-order valence-electron chi connectivity index (χ0n) is 13.1. The van der Waals surface area contributed by atoms with Gasteiger partial charge in [-0.3, -0.25) is 0 Å². The van der Waals surface area contributed by atoms with Gasteiger partial charge < -0.3 is 19.7 Å². The van der Waals surface area contributed by atoms with E-state index in [-0.39, 0.29) is 0 Å². The summed E-state index contributed by atoms with van der Waals surface area (Å²) in [4.78, 5) is 2.50. The first-order chi connectivity index (χ1) is 10.2. The summed E-state index contributed by atoms with van der Waals surface area (Å²) >= 11 is 6.22. The van der Waals surface area contributed by atoms with Crippen molar-refractivity contribution in [3.8, 4) is 11.5 Å². The van der Waals surface area contributed by atoms with Crippen LogP contribution in [0.15, 0.2) is 12.1 Å². The molecular formula is C16H25ClN2O2. The van der Waals surface area contributed by atoms with E-state index in [1.807, 2.05) is 12.1 Å². The normalized spacial score (nSPS) is 19.0. The minimum Gasteiger partial charge on any atom is -0.493 e. The molecule has 0 unspecified atom stereocenters. The fourth-order valence-electron chi connectivity index (χ4n) is 2.86. The van der Waals surface area contributed by atoms with Crippen molar-refractivity contribution in [1.82, 2.24) is 10.2 Å². The number of hydrogen-bond donors (Lipinski definition) is 1. The second kappa shape index (κ2) is 7.87. The lowest BCUT2D eigenvalue weighted by Gasteiger charge is -2.15. The van der Waals surface area contributed by atoms with E-state index in [0.29, 0.717) is 16.5 Å². The Morgan fingerprint density at radius 3 is 2.76 bits per heavy atom. The van der Waals surface area contributed by atoms with Crippen LogP contribution in [-0.2, 0) is 6.54 Å². The molecule has 118 valence electrons. The molecule has 0 saturated carbocycles. The molecule has 0 radical (unpaired) electrons. The maximum absolute atomic E-state index is 6.22. The summed E-state index contributed by atoms with van der Waals surface area (Å²) in [5.74, 6) is 2.03. The Morgan fingerprint density at radius 2 is 2.14 bits per heavy atom. The van der Waals surface area contributed by atoms with Crippen molar-refractivity contribution in [1.29, 1.82) is 0 Å². The van der Waals surface area contributed by atoms with Crippen LogP contribution >= 0.6 is 11.6 Å². The smallest absolute Gasteiger partial charge is 0.179 e. The van der Waals surface area contributed by atoms with E-state index >= 15 is 0 Å². The monoisotopic (exact) mass is 312 g/mol. The summed E-state index contributed by atoms with van der Waals surface area (Å²) in [5, 5.41) is 4.11. The fourth-order valence-corrected chi connectivity index (χ4v) is 3.17. The van der Waals surface area contributed by atoms with Gasteiger partial charge in [0.2, 0.25) is 0 Å². The van der Waals surface area contributed by atoms with Gasteiger partial charge in [0.1, 0.15) is 0 Å². The third-order valence-electron chi connectivity index (χ3n) is 4.07. The van der Waals surface area contributed by atoms with Gasteiger partial charge in [0.15, 0.2) is 11.5 Å². The number of nitrogens with zero attached hydrogens (tertiary/aromatic N) is 1. The molecule has 1 aliphatic heterocycles. The summed E-state index contributed by atoms with van der Waals surface area (Å²) in [6, 6.07) is 3.91. The molecule has 0 bridgehead atoms. The van der Waals surface area contributed by atoms with Crippen molar-refractivity contribution in [2.75, 3.05) is 40.4 Å². The number of benzene rings is 1. The minimum absolute atomic E-state index is 0.590. The van der Waals surface area contributed by atoms with E-state index in [0.717, 1.165) is 31.1 Å². The van der Waals surface area contributed by atoms with E-state index in [1.54, 1.807) is 14.2 Å². The predicted octanol–water partition coefficient (Wildman–Crippen LogP) is 2.79. The van der Waals surface area contributed by atoms with Crippen molar-refractivity contribution in [2.24, 2.45) is 5.92 Å². The molecule has 1 heterocycles. The Kier molecular flexibility index (Phi) is 6.15. The van der Waals surface area contributed by atoms with Gasteiger partial charge in [-0.15, -0.1) is 0 Å². The molecule has 1 aromatic rings. The van der Waals surface area contributed by atoms with Gasteiger partial charge in [0.25, 0.3) is 0 Å². The highest BCUT2D eigenvalue weighted by molar-refractivity contribution is 6.32. The minimum atomic E-state index is 0.590. The van der Waals surface area contributed by atoms with E-state index in [1.165, 1.54) is 19.5 Å². The number of ether oxygens (including phenoxy) is 2. The summed E-state index contributed by atoms with van der Waals surface area (Å²) < 4.78 is 10.6. The first-order valence-electron chi connectivity index (χ1n) is 7.51. The SMILES string of the molecule is CCN1CC[C@H](CNCc2cc(Cl)c(OC)c(OC)c2)C1.